The Bertz CT molecular complexity index is 1080. The van der Waals surface area contributed by atoms with E-state index in [1.807, 2.05) is 0 Å². The number of hydrogen-bond acceptors (Lipinski definition) is 3. The number of sulfonamides is 1. The van der Waals surface area contributed by atoms with Gasteiger partial charge >= 0.3 is 6.18 Å². The second-order valence-corrected chi connectivity index (χ2v) is 8.86. The fourth-order valence-corrected chi connectivity index (χ4v) is 4.79. The van der Waals surface area contributed by atoms with Crippen molar-refractivity contribution in [3.8, 4) is 12.3 Å². The third-order valence-corrected chi connectivity index (χ3v) is 6.82. The lowest BCUT2D eigenvalue weighted by Gasteiger charge is -2.30. The Kier molecular flexibility index (Phi) is 6.19. The zero-order valence-corrected chi connectivity index (χ0v) is 16.6. The molecule has 158 valence electrons. The number of carbonyl (C=O) groups is 1. The topological polar surface area (TPSA) is 66.5 Å². The highest BCUT2D eigenvalue weighted by Gasteiger charge is 2.35. The Morgan fingerprint density at radius 3 is 2.40 bits per heavy atom. The van der Waals surface area contributed by atoms with Crippen LogP contribution in [0.5, 0.6) is 0 Å². The Morgan fingerprint density at radius 1 is 1.10 bits per heavy atom. The largest absolute Gasteiger partial charge is 0.416 e. The van der Waals surface area contributed by atoms with Crippen molar-refractivity contribution in [3.05, 3.63) is 59.7 Å². The first kappa shape index (κ1) is 21.9. The van der Waals surface area contributed by atoms with Gasteiger partial charge in [0.05, 0.1) is 10.5 Å². The Balaban J connectivity index is 1.66. The first-order chi connectivity index (χ1) is 14.1. The van der Waals surface area contributed by atoms with Gasteiger partial charge in [0.2, 0.25) is 15.9 Å². The minimum Gasteiger partial charge on any atom is -0.326 e. The fraction of sp³-hybridized carbons (Fsp3) is 0.286. The van der Waals surface area contributed by atoms with Gasteiger partial charge in [-0.25, -0.2) is 8.42 Å². The van der Waals surface area contributed by atoms with Crippen molar-refractivity contribution in [3.63, 3.8) is 0 Å². The lowest BCUT2D eigenvalue weighted by atomic mass is 9.97. The molecule has 9 heteroatoms. The van der Waals surface area contributed by atoms with Crippen LogP contribution in [0.2, 0.25) is 0 Å². The van der Waals surface area contributed by atoms with Crippen LogP contribution in [0.15, 0.2) is 53.4 Å². The number of terminal acetylenes is 1. The molecule has 5 nitrogen and oxygen atoms in total. The van der Waals surface area contributed by atoms with Gasteiger partial charge in [-0.15, -0.1) is 6.42 Å². The predicted molar refractivity (Wildman–Crippen MR) is 106 cm³/mol. The Morgan fingerprint density at radius 2 is 1.77 bits per heavy atom. The number of hydrogen-bond donors (Lipinski definition) is 1. The van der Waals surface area contributed by atoms with Crippen molar-refractivity contribution in [2.75, 3.05) is 18.4 Å². The van der Waals surface area contributed by atoms with Gasteiger partial charge in [-0.1, -0.05) is 18.1 Å². The number of alkyl halides is 3. The second kappa shape index (κ2) is 8.50. The third kappa shape index (κ3) is 4.83. The maximum absolute atomic E-state index is 12.9. The summed E-state index contributed by atoms with van der Waals surface area (Å²) < 4.78 is 65.3. The van der Waals surface area contributed by atoms with E-state index < -0.39 is 32.6 Å². The molecule has 1 heterocycles. The number of nitrogens with one attached hydrogen (secondary N) is 1. The second-order valence-electron chi connectivity index (χ2n) is 6.92. The zero-order chi connectivity index (χ0) is 21.9. The molecule has 30 heavy (non-hydrogen) atoms. The summed E-state index contributed by atoms with van der Waals surface area (Å²) in [6.07, 6.45) is 1.24. The van der Waals surface area contributed by atoms with Gasteiger partial charge in [0.15, 0.2) is 0 Å². The minimum atomic E-state index is -4.63. The summed E-state index contributed by atoms with van der Waals surface area (Å²) in [5, 5.41) is 2.77. The molecule has 1 fully saturated rings. The molecule has 0 aliphatic carbocycles. The van der Waals surface area contributed by atoms with E-state index in [-0.39, 0.29) is 31.8 Å². The van der Waals surface area contributed by atoms with Crippen LogP contribution in [-0.4, -0.2) is 31.7 Å². The molecule has 0 saturated carbocycles. The maximum atomic E-state index is 12.9. The SMILES string of the molecule is C#Cc1cccc(NC(=O)C2CCN(S(=O)(=O)c3cccc(C(F)(F)F)c3)CC2)c1. The lowest BCUT2D eigenvalue weighted by Crippen LogP contribution is -2.41. The molecule has 0 radical (unpaired) electrons. The molecule has 1 saturated heterocycles. The molecule has 2 aromatic carbocycles. The molecule has 3 rings (SSSR count). The van der Waals surface area contributed by atoms with Crippen LogP contribution in [0.1, 0.15) is 24.0 Å². The molecule has 1 aliphatic rings. The van der Waals surface area contributed by atoms with Crippen molar-refractivity contribution in [2.45, 2.75) is 23.9 Å². The molecule has 1 amide bonds. The smallest absolute Gasteiger partial charge is 0.326 e. The molecule has 0 bridgehead atoms. The van der Waals surface area contributed by atoms with Gasteiger partial charge in [-0.2, -0.15) is 17.5 Å². The highest BCUT2D eigenvalue weighted by atomic mass is 32.2. The minimum absolute atomic E-state index is 0.0427. The number of halogens is 3. The van der Waals surface area contributed by atoms with Crippen molar-refractivity contribution in [1.82, 2.24) is 4.31 Å². The normalized spacial score (nSPS) is 16.1. The zero-order valence-electron chi connectivity index (χ0n) is 15.8. The molecular formula is C21H19F3N2O3S. The van der Waals surface area contributed by atoms with Gasteiger partial charge < -0.3 is 5.32 Å². The van der Waals surface area contributed by atoms with E-state index in [0.717, 1.165) is 22.5 Å². The molecule has 0 atom stereocenters. The number of amides is 1. The molecule has 1 N–H and O–H groups in total. The van der Waals surface area contributed by atoms with Crippen LogP contribution >= 0.6 is 0 Å². The number of nitrogens with zero attached hydrogens (tertiary/aromatic N) is 1. The van der Waals surface area contributed by atoms with Crippen molar-refractivity contribution < 1.29 is 26.4 Å². The Labute approximate surface area is 172 Å². The van der Waals surface area contributed by atoms with Crippen molar-refractivity contribution >= 4 is 21.6 Å². The van der Waals surface area contributed by atoms with E-state index in [9.17, 15) is 26.4 Å². The van der Waals surface area contributed by atoms with Crippen LogP contribution in [-0.2, 0) is 21.0 Å². The molecule has 0 spiro atoms. The van der Waals surface area contributed by atoms with E-state index in [0.29, 0.717) is 17.3 Å². The molecule has 2 aromatic rings. The molecular weight excluding hydrogens is 417 g/mol. The van der Waals surface area contributed by atoms with Gasteiger partial charge in [-0.05, 0) is 49.2 Å². The van der Waals surface area contributed by atoms with Crippen LogP contribution in [0, 0.1) is 18.3 Å². The fourth-order valence-electron chi connectivity index (χ4n) is 3.27. The highest BCUT2D eigenvalue weighted by molar-refractivity contribution is 7.89. The van der Waals surface area contributed by atoms with Crippen LogP contribution in [0.4, 0.5) is 18.9 Å². The summed E-state index contributed by atoms with van der Waals surface area (Å²) in [5.41, 5.74) is 0.149. The van der Waals surface area contributed by atoms with Crippen LogP contribution in [0.3, 0.4) is 0 Å². The standard InChI is InChI=1S/C21H19F3N2O3S/c1-2-15-5-3-7-18(13-15)25-20(27)16-9-11-26(12-10-16)30(28,29)19-8-4-6-17(14-19)21(22,23)24/h1,3-8,13-14,16H,9-12H2,(H,25,27). The van der Waals surface area contributed by atoms with Crippen molar-refractivity contribution in [1.29, 1.82) is 0 Å². The summed E-state index contributed by atoms with van der Waals surface area (Å²) in [5.74, 6) is 1.82. The number of benzene rings is 2. The average molecular weight is 436 g/mol. The van der Waals surface area contributed by atoms with E-state index in [1.54, 1.807) is 24.3 Å². The summed E-state index contributed by atoms with van der Waals surface area (Å²) in [6, 6.07) is 10.5. The van der Waals surface area contributed by atoms with Gasteiger partial charge in [0, 0.05) is 30.3 Å². The van der Waals surface area contributed by atoms with E-state index >= 15 is 0 Å². The first-order valence-electron chi connectivity index (χ1n) is 9.16. The number of anilines is 1. The van der Waals surface area contributed by atoms with Crippen molar-refractivity contribution in [2.24, 2.45) is 5.92 Å². The monoisotopic (exact) mass is 436 g/mol. The third-order valence-electron chi connectivity index (χ3n) is 4.92. The molecule has 0 unspecified atom stereocenters. The summed E-state index contributed by atoms with van der Waals surface area (Å²) in [7, 11) is -4.08. The summed E-state index contributed by atoms with van der Waals surface area (Å²) in [4.78, 5) is 12.1. The predicted octanol–water partition coefficient (Wildman–Crippen LogP) is 3.73. The van der Waals surface area contributed by atoms with Gasteiger partial charge in [0.1, 0.15) is 0 Å². The van der Waals surface area contributed by atoms with E-state index in [1.165, 1.54) is 0 Å². The first-order valence-corrected chi connectivity index (χ1v) is 10.6. The average Bonchev–Trinajstić information content (AvgIpc) is 2.73. The summed E-state index contributed by atoms with van der Waals surface area (Å²) in [6.45, 7) is 0.0854. The molecule has 0 aromatic heterocycles. The number of carbonyl (C=O) groups excluding carboxylic acids is 1. The van der Waals surface area contributed by atoms with Gasteiger partial charge in [-0.3, -0.25) is 4.79 Å². The number of rotatable bonds is 4. The van der Waals surface area contributed by atoms with Gasteiger partial charge in [0.25, 0.3) is 0 Å². The lowest BCUT2D eigenvalue weighted by molar-refractivity contribution is -0.137. The summed E-state index contributed by atoms with van der Waals surface area (Å²) >= 11 is 0. The maximum Gasteiger partial charge on any atom is 0.416 e. The van der Waals surface area contributed by atoms with E-state index in [4.69, 9.17) is 6.42 Å². The van der Waals surface area contributed by atoms with Crippen LogP contribution < -0.4 is 5.32 Å². The molecule has 1 aliphatic heterocycles. The van der Waals surface area contributed by atoms with E-state index in [2.05, 4.69) is 11.2 Å². The van der Waals surface area contributed by atoms with Crippen LogP contribution in [0.25, 0.3) is 0 Å². The highest BCUT2D eigenvalue weighted by Crippen LogP contribution is 2.32. The number of piperidine rings is 1. The Hall–Kier alpha value is -2.83. The quantitative estimate of drug-likeness (QED) is 0.743.